The molecule has 0 aliphatic heterocycles. The molecule has 6 heteroatoms. The number of halogens is 3. The highest BCUT2D eigenvalue weighted by Gasteiger charge is 2.30. The molecule has 0 spiro atoms. The Morgan fingerprint density at radius 3 is 2.59 bits per heavy atom. The van der Waals surface area contributed by atoms with Gasteiger partial charge < -0.3 is 15.8 Å². The van der Waals surface area contributed by atoms with Gasteiger partial charge in [-0.15, -0.1) is 0 Å². The van der Waals surface area contributed by atoms with E-state index in [9.17, 15) is 13.2 Å². The van der Waals surface area contributed by atoms with Crippen LogP contribution in [0.1, 0.15) is 12.5 Å². The predicted molar refractivity (Wildman–Crippen MR) is 60.8 cm³/mol. The molecule has 0 amide bonds. The molecule has 0 saturated heterocycles. The Morgan fingerprint density at radius 2 is 2.06 bits per heavy atom. The monoisotopic (exact) mass is 248 g/mol. The fourth-order valence-electron chi connectivity index (χ4n) is 1.30. The molecule has 17 heavy (non-hydrogen) atoms. The Bertz CT molecular complexity index is 366. The fraction of sp³-hybridized carbons (Fsp3) is 0.455. The number of nitrogens with two attached hydrogens (primary N) is 1. The number of hydrogen-bond acceptors (Lipinski definition) is 3. The van der Waals surface area contributed by atoms with E-state index in [0.717, 1.165) is 12.1 Å². The summed E-state index contributed by atoms with van der Waals surface area (Å²) in [4.78, 5) is 0. The molecule has 0 radical (unpaired) electrons. The lowest BCUT2D eigenvalue weighted by atomic mass is 10.1. The summed E-state index contributed by atoms with van der Waals surface area (Å²) >= 11 is 0. The van der Waals surface area contributed by atoms with E-state index in [-0.39, 0.29) is 5.69 Å². The molecule has 1 aromatic carbocycles. The highest BCUT2D eigenvalue weighted by atomic mass is 19.4. The molecular weight excluding hydrogens is 233 g/mol. The summed E-state index contributed by atoms with van der Waals surface area (Å²) in [7, 11) is 0. The van der Waals surface area contributed by atoms with Crippen LogP contribution in [0.25, 0.3) is 0 Å². The van der Waals surface area contributed by atoms with Gasteiger partial charge in [0.15, 0.2) is 0 Å². The summed E-state index contributed by atoms with van der Waals surface area (Å²) in [5.41, 5.74) is 5.35. The molecule has 1 aromatic rings. The number of nitrogen functional groups attached to an aromatic ring is 1. The van der Waals surface area contributed by atoms with Crippen LogP contribution in [0, 0.1) is 0 Å². The Balaban J connectivity index is 2.64. The fourth-order valence-corrected chi connectivity index (χ4v) is 1.30. The van der Waals surface area contributed by atoms with E-state index < -0.39 is 11.7 Å². The summed E-state index contributed by atoms with van der Waals surface area (Å²) in [6, 6.07) is 3.24. The van der Waals surface area contributed by atoms with Crippen molar-refractivity contribution in [2.75, 3.05) is 30.8 Å². The van der Waals surface area contributed by atoms with Gasteiger partial charge in [-0.2, -0.15) is 13.2 Å². The van der Waals surface area contributed by atoms with E-state index in [4.69, 9.17) is 10.5 Å². The van der Waals surface area contributed by atoms with Crippen molar-refractivity contribution in [3.8, 4) is 0 Å². The Morgan fingerprint density at radius 1 is 1.35 bits per heavy atom. The second-order valence-electron chi connectivity index (χ2n) is 3.42. The highest BCUT2D eigenvalue weighted by molar-refractivity contribution is 5.67. The van der Waals surface area contributed by atoms with Crippen LogP contribution in [0.5, 0.6) is 0 Å². The zero-order valence-electron chi connectivity index (χ0n) is 9.47. The number of rotatable bonds is 5. The van der Waals surface area contributed by atoms with Gasteiger partial charge >= 0.3 is 6.18 Å². The molecule has 0 unspecified atom stereocenters. The number of benzene rings is 1. The Kier molecular flexibility index (Phi) is 4.62. The summed E-state index contributed by atoms with van der Waals surface area (Å²) < 4.78 is 42.2. The van der Waals surface area contributed by atoms with Crippen molar-refractivity contribution in [1.29, 1.82) is 0 Å². The number of hydrogen-bond donors (Lipinski definition) is 2. The van der Waals surface area contributed by atoms with Gasteiger partial charge in [-0.25, -0.2) is 0 Å². The van der Waals surface area contributed by atoms with Crippen LogP contribution in [0.3, 0.4) is 0 Å². The second kappa shape index (κ2) is 5.77. The van der Waals surface area contributed by atoms with Crippen LogP contribution in [0.2, 0.25) is 0 Å². The maximum Gasteiger partial charge on any atom is 0.416 e. The first kappa shape index (κ1) is 13.6. The van der Waals surface area contributed by atoms with E-state index in [0.29, 0.717) is 25.4 Å². The minimum Gasteiger partial charge on any atom is -0.397 e. The van der Waals surface area contributed by atoms with Crippen molar-refractivity contribution in [3.63, 3.8) is 0 Å². The standard InChI is InChI=1S/C11H15F3N2O/c1-2-17-6-5-16-10-4-3-8(7-9(10)15)11(12,13)14/h3-4,7,16H,2,5-6,15H2,1H3. The Hall–Kier alpha value is -1.43. The molecule has 0 fully saturated rings. The van der Waals surface area contributed by atoms with E-state index in [1.165, 1.54) is 6.07 Å². The first-order valence-corrected chi connectivity index (χ1v) is 5.23. The van der Waals surface area contributed by atoms with Crippen molar-refractivity contribution in [2.24, 2.45) is 0 Å². The first-order chi connectivity index (χ1) is 7.95. The molecular formula is C11H15F3N2O. The maximum atomic E-state index is 12.4. The van der Waals surface area contributed by atoms with Gasteiger partial charge in [0, 0.05) is 13.2 Å². The lowest BCUT2D eigenvalue weighted by Gasteiger charge is -2.12. The molecule has 0 aliphatic carbocycles. The van der Waals surface area contributed by atoms with Crippen LogP contribution < -0.4 is 11.1 Å². The summed E-state index contributed by atoms with van der Waals surface area (Å²) in [5, 5.41) is 2.91. The smallest absolute Gasteiger partial charge is 0.397 e. The van der Waals surface area contributed by atoms with Gasteiger partial charge in [0.1, 0.15) is 0 Å². The van der Waals surface area contributed by atoms with E-state index in [1.807, 2.05) is 6.92 Å². The highest BCUT2D eigenvalue weighted by Crippen LogP contribution is 2.32. The normalized spacial score (nSPS) is 11.5. The molecule has 1 rings (SSSR count). The van der Waals surface area contributed by atoms with Gasteiger partial charge in [0.25, 0.3) is 0 Å². The van der Waals surface area contributed by atoms with Gasteiger partial charge in [-0.1, -0.05) is 0 Å². The van der Waals surface area contributed by atoms with Gasteiger partial charge in [0.2, 0.25) is 0 Å². The average Bonchev–Trinajstić information content (AvgIpc) is 2.24. The van der Waals surface area contributed by atoms with Gasteiger partial charge in [0.05, 0.1) is 23.5 Å². The second-order valence-corrected chi connectivity index (χ2v) is 3.42. The zero-order valence-corrected chi connectivity index (χ0v) is 9.47. The first-order valence-electron chi connectivity index (χ1n) is 5.23. The van der Waals surface area contributed by atoms with E-state index >= 15 is 0 Å². The third-order valence-electron chi connectivity index (χ3n) is 2.14. The van der Waals surface area contributed by atoms with E-state index in [2.05, 4.69) is 5.32 Å². The summed E-state index contributed by atoms with van der Waals surface area (Å²) in [5.74, 6) is 0. The molecule has 0 bridgehead atoms. The SMILES string of the molecule is CCOCCNc1ccc(C(F)(F)F)cc1N. The number of nitrogens with one attached hydrogen (secondary N) is 1. The number of anilines is 2. The van der Waals surface area contributed by atoms with Crippen molar-refractivity contribution >= 4 is 11.4 Å². The largest absolute Gasteiger partial charge is 0.416 e. The molecule has 0 heterocycles. The predicted octanol–water partition coefficient (Wildman–Crippen LogP) is 2.74. The molecule has 0 aromatic heterocycles. The molecule has 0 saturated carbocycles. The Labute approximate surface area is 97.8 Å². The quantitative estimate of drug-likeness (QED) is 0.622. The van der Waals surface area contributed by atoms with Crippen LogP contribution in [0.4, 0.5) is 24.5 Å². The molecule has 0 atom stereocenters. The topological polar surface area (TPSA) is 47.3 Å². The third-order valence-corrected chi connectivity index (χ3v) is 2.14. The lowest BCUT2D eigenvalue weighted by molar-refractivity contribution is -0.137. The molecule has 0 aliphatic rings. The third kappa shape index (κ3) is 4.14. The minimum atomic E-state index is -4.36. The van der Waals surface area contributed by atoms with Crippen LogP contribution >= 0.6 is 0 Å². The van der Waals surface area contributed by atoms with Crippen molar-refractivity contribution < 1.29 is 17.9 Å². The summed E-state index contributed by atoms with van der Waals surface area (Å²) in [6.07, 6.45) is -4.36. The minimum absolute atomic E-state index is 0.0799. The molecule has 96 valence electrons. The van der Waals surface area contributed by atoms with Crippen LogP contribution in [0.15, 0.2) is 18.2 Å². The summed E-state index contributed by atoms with van der Waals surface area (Å²) in [6.45, 7) is 3.46. The maximum absolute atomic E-state index is 12.4. The van der Waals surface area contributed by atoms with E-state index in [1.54, 1.807) is 0 Å². The lowest BCUT2D eigenvalue weighted by Crippen LogP contribution is -2.12. The molecule has 3 nitrogen and oxygen atoms in total. The molecule has 3 N–H and O–H groups in total. The number of alkyl halides is 3. The van der Waals surface area contributed by atoms with Crippen LogP contribution in [-0.2, 0) is 10.9 Å². The van der Waals surface area contributed by atoms with Crippen molar-refractivity contribution in [1.82, 2.24) is 0 Å². The van der Waals surface area contributed by atoms with Crippen molar-refractivity contribution in [3.05, 3.63) is 23.8 Å². The number of ether oxygens (including phenoxy) is 1. The zero-order chi connectivity index (χ0) is 12.9. The van der Waals surface area contributed by atoms with Crippen LogP contribution in [-0.4, -0.2) is 19.8 Å². The van der Waals surface area contributed by atoms with Gasteiger partial charge in [-0.05, 0) is 25.1 Å². The van der Waals surface area contributed by atoms with Gasteiger partial charge in [-0.3, -0.25) is 0 Å². The van der Waals surface area contributed by atoms with Crippen molar-refractivity contribution in [2.45, 2.75) is 13.1 Å². The average molecular weight is 248 g/mol.